The summed E-state index contributed by atoms with van der Waals surface area (Å²) in [6, 6.07) is 4.88. The molecule has 4 nitrogen and oxygen atoms in total. The molecule has 0 aliphatic carbocycles. The third-order valence-corrected chi connectivity index (χ3v) is 2.47. The quantitative estimate of drug-likeness (QED) is 0.827. The van der Waals surface area contributed by atoms with E-state index in [1.807, 2.05) is 6.92 Å². The first-order chi connectivity index (χ1) is 7.72. The van der Waals surface area contributed by atoms with Crippen LogP contribution in [0.2, 0.25) is 0 Å². The van der Waals surface area contributed by atoms with Crippen LogP contribution < -0.4 is 5.32 Å². The predicted octanol–water partition coefficient (Wildman–Crippen LogP) is 2.24. The third-order valence-electron chi connectivity index (χ3n) is 2.47. The van der Waals surface area contributed by atoms with E-state index >= 15 is 0 Å². The fourth-order valence-corrected chi connectivity index (χ4v) is 1.61. The number of rotatable bonds is 4. The number of furan rings is 1. The van der Waals surface area contributed by atoms with E-state index in [0.29, 0.717) is 6.54 Å². The van der Waals surface area contributed by atoms with Crippen LogP contribution in [-0.4, -0.2) is 17.6 Å². The van der Waals surface area contributed by atoms with Gasteiger partial charge in [0.05, 0.1) is 11.8 Å². The first kappa shape index (κ1) is 10.7. The van der Waals surface area contributed by atoms with Crippen molar-refractivity contribution < 1.29 is 14.3 Å². The molecule has 0 atom stereocenters. The normalized spacial score (nSPS) is 10.8. The lowest BCUT2D eigenvalue weighted by atomic mass is 10.1. The van der Waals surface area contributed by atoms with Gasteiger partial charge in [0, 0.05) is 17.5 Å². The molecule has 0 saturated carbocycles. The number of hydrogen-bond acceptors (Lipinski definition) is 3. The van der Waals surface area contributed by atoms with Crippen LogP contribution in [-0.2, 0) is 6.54 Å². The van der Waals surface area contributed by atoms with Gasteiger partial charge in [0.15, 0.2) is 0 Å². The molecule has 84 valence electrons. The number of aromatic carboxylic acids is 1. The fourth-order valence-electron chi connectivity index (χ4n) is 1.61. The highest BCUT2D eigenvalue weighted by Gasteiger charge is 2.09. The SMILES string of the molecule is CCNCc1coc2ccc(C(=O)O)cc12. The van der Waals surface area contributed by atoms with E-state index in [4.69, 9.17) is 9.52 Å². The number of benzene rings is 1. The van der Waals surface area contributed by atoms with Gasteiger partial charge in [0.2, 0.25) is 0 Å². The molecule has 0 radical (unpaired) electrons. The zero-order valence-corrected chi connectivity index (χ0v) is 8.99. The number of hydrogen-bond donors (Lipinski definition) is 2. The van der Waals surface area contributed by atoms with E-state index in [2.05, 4.69) is 5.32 Å². The standard InChI is InChI=1S/C12H13NO3/c1-2-13-6-9-7-16-11-4-3-8(12(14)15)5-10(9)11/h3-5,7,13H,2,6H2,1H3,(H,14,15). The van der Waals surface area contributed by atoms with Crippen LogP contribution in [0, 0.1) is 0 Å². The predicted molar refractivity (Wildman–Crippen MR) is 60.6 cm³/mol. The van der Waals surface area contributed by atoms with E-state index in [-0.39, 0.29) is 5.56 Å². The number of carboxylic acids is 1. The molecule has 0 unspecified atom stereocenters. The largest absolute Gasteiger partial charge is 0.478 e. The zero-order chi connectivity index (χ0) is 11.5. The second-order valence-electron chi connectivity index (χ2n) is 3.56. The van der Waals surface area contributed by atoms with Gasteiger partial charge in [-0.1, -0.05) is 6.92 Å². The Morgan fingerprint density at radius 2 is 2.31 bits per heavy atom. The van der Waals surface area contributed by atoms with Crippen LogP contribution in [0.5, 0.6) is 0 Å². The first-order valence-electron chi connectivity index (χ1n) is 5.16. The average Bonchev–Trinajstić information content (AvgIpc) is 2.68. The summed E-state index contributed by atoms with van der Waals surface area (Å²) in [5.41, 5.74) is 1.99. The highest BCUT2D eigenvalue weighted by atomic mass is 16.4. The first-order valence-corrected chi connectivity index (χ1v) is 5.16. The van der Waals surface area contributed by atoms with Crippen LogP contribution in [0.3, 0.4) is 0 Å². The molecule has 16 heavy (non-hydrogen) atoms. The molecular formula is C12H13NO3. The number of carboxylic acid groups (broad SMARTS) is 1. The molecule has 0 aliphatic rings. The Hall–Kier alpha value is -1.81. The molecule has 4 heteroatoms. The van der Waals surface area contributed by atoms with Gasteiger partial charge in [0.25, 0.3) is 0 Å². The topological polar surface area (TPSA) is 62.5 Å². The van der Waals surface area contributed by atoms with Crippen LogP contribution in [0.4, 0.5) is 0 Å². The molecule has 1 aromatic heterocycles. The summed E-state index contributed by atoms with van der Waals surface area (Å²) in [5, 5.41) is 12.9. The molecule has 2 rings (SSSR count). The van der Waals surface area contributed by atoms with Gasteiger partial charge in [-0.05, 0) is 24.7 Å². The minimum absolute atomic E-state index is 0.284. The monoisotopic (exact) mass is 219 g/mol. The van der Waals surface area contributed by atoms with E-state index in [0.717, 1.165) is 23.1 Å². The maximum Gasteiger partial charge on any atom is 0.335 e. The number of carbonyl (C=O) groups is 1. The Kier molecular flexibility index (Phi) is 2.92. The molecule has 0 aliphatic heterocycles. The van der Waals surface area contributed by atoms with E-state index in [1.54, 1.807) is 24.5 Å². The van der Waals surface area contributed by atoms with Crippen LogP contribution in [0.1, 0.15) is 22.8 Å². The maximum atomic E-state index is 10.8. The van der Waals surface area contributed by atoms with Crippen molar-refractivity contribution in [1.29, 1.82) is 0 Å². The molecule has 2 N–H and O–H groups in total. The Labute approximate surface area is 92.9 Å². The number of nitrogens with one attached hydrogen (secondary N) is 1. The van der Waals surface area contributed by atoms with Gasteiger partial charge in [-0.3, -0.25) is 0 Å². The Balaban J connectivity index is 2.43. The van der Waals surface area contributed by atoms with Gasteiger partial charge in [-0.25, -0.2) is 4.79 Å². The summed E-state index contributed by atoms with van der Waals surface area (Å²) < 4.78 is 5.35. The summed E-state index contributed by atoms with van der Waals surface area (Å²) in [5.74, 6) is -0.919. The minimum Gasteiger partial charge on any atom is -0.478 e. The lowest BCUT2D eigenvalue weighted by molar-refractivity contribution is 0.0697. The van der Waals surface area contributed by atoms with E-state index in [9.17, 15) is 4.79 Å². The van der Waals surface area contributed by atoms with Gasteiger partial charge in [0.1, 0.15) is 5.58 Å². The van der Waals surface area contributed by atoms with Crippen LogP contribution in [0.25, 0.3) is 11.0 Å². The summed E-state index contributed by atoms with van der Waals surface area (Å²) in [6.07, 6.45) is 1.67. The van der Waals surface area contributed by atoms with Crippen LogP contribution in [0.15, 0.2) is 28.9 Å². The Morgan fingerprint density at radius 1 is 1.50 bits per heavy atom. The molecule has 0 saturated heterocycles. The molecule has 0 fully saturated rings. The summed E-state index contributed by atoms with van der Waals surface area (Å²) in [6.45, 7) is 3.57. The molecule has 1 aromatic carbocycles. The summed E-state index contributed by atoms with van der Waals surface area (Å²) >= 11 is 0. The van der Waals surface area contributed by atoms with Crippen molar-refractivity contribution in [3.8, 4) is 0 Å². The van der Waals surface area contributed by atoms with E-state index in [1.165, 1.54) is 0 Å². The molecule has 0 bridgehead atoms. The van der Waals surface area contributed by atoms with Crippen molar-refractivity contribution in [2.75, 3.05) is 6.54 Å². The molecule has 1 heterocycles. The van der Waals surface area contributed by atoms with Crippen molar-refractivity contribution in [1.82, 2.24) is 5.32 Å². The van der Waals surface area contributed by atoms with Crippen molar-refractivity contribution in [2.45, 2.75) is 13.5 Å². The summed E-state index contributed by atoms with van der Waals surface area (Å²) in [7, 11) is 0. The maximum absolute atomic E-state index is 10.8. The van der Waals surface area contributed by atoms with Gasteiger partial charge in [-0.2, -0.15) is 0 Å². The van der Waals surface area contributed by atoms with Crippen LogP contribution >= 0.6 is 0 Å². The lowest BCUT2D eigenvalue weighted by Gasteiger charge is -1.99. The molecule has 0 spiro atoms. The van der Waals surface area contributed by atoms with E-state index < -0.39 is 5.97 Å². The van der Waals surface area contributed by atoms with Crippen molar-refractivity contribution >= 4 is 16.9 Å². The second kappa shape index (κ2) is 4.37. The zero-order valence-electron chi connectivity index (χ0n) is 8.99. The van der Waals surface area contributed by atoms with Gasteiger partial charge in [-0.15, -0.1) is 0 Å². The molecule has 0 amide bonds. The summed E-state index contributed by atoms with van der Waals surface area (Å²) in [4.78, 5) is 10.8. The highest BCUT2D eigenvalue weighted by molar-refractivity contribution is 5.93. The van der Waals surface area contributed by atoms with Crippen molar-refractivity contribution in [3.05, 3.63) is 35.6 Å². The molecule has 2 aromatic rings. The minimum atomic E-state index is -0.919. The fraction of sp³-hybridized carbons (Fsp3) is 0.250. The second-order valence-corrected chi connectivity index (χ2v) is 3.56. The highest BCUT2D eigenvalue weighted by Crippen LogP contribution is 2.22. The average molecular weight is 219 g/mol. The number of fused-ring (bicyclic) bond motifs is 1. The lowest BCUT2D eigenvalue weighted by Crippen LogP contribution is -2.11. The Morgan fingerprint density at radius 3 is 3.00 bits per heavy atom. The van der Waals surface area contributed by atoms with Crippen molar-refractivity contribution in [3.63, 3.8) is 0 Å². The van der Waals surface area contributed by atoms with Gasteiger partial charge < -0.3 is 14.8 Å². The van der Waals surface area contributed by atoms with Crippen molar-refractivity contribution in [2.24, 2.45) is 0 Å². The Bertz CT molecular complexity index is 516. The third kappa shape index (κ3) is 1.92. The molecular weight excluding hydrogens is 206 g/mol. The van der Waals surface area contributed by atoms with Gasteiger partial charge >= 0.3 is 5.97 Å². The smallest absolute Gasteiger partial charge is 0.335 e.